The number of aliphatic hydroxyl groups excluding tert-OH is 1. The Morgan fingerprint density at radius 3 is 2.19 bits per heavy atom. The first-order valence-electron chi connectivity index (χ1n) is 16.4. The Bertz CT molecular complexity index is 1620. The van der Waals surface area contributed by atoms with Crippen molar-refractivity contribution in [3.8, 4) is 0 Å². The van der Waals surface area contributed by atoms with Crippen molar-refractivity contribution in [2.24, 2.45) is 5.73 Å². The number of aliphatic hydroxyl groups is 1. The number of nitrogens with one attached hydrogen (secondary N) is 1. The fourth-order valence-electron chi connectivity index (χ4n) is 5.78. The van der Waals surface area contributed by atoms with Gasteiger partial charge in [0.05, 0.1) is 27.8 Å². The van der Waals surface area contributed by atoms with Gasteiger partial charge in [0.25, 0.3) is 5.91 Å². The maximum absolute atomic E-state index is 14.5. The Balaban J connectivity index is 2.01. The molecule has 0 aliphatic rings. The maximum atomic E-state index is 14.5. The van der Waals surface area contributed by atoms with Crippen molar-refractivity contribution in [3.63, 3.8) is 0 Å². The van der Waals surface area contributed by atoms with E-state index in [-0.39, 0.29) is 30.0 Å². The minimum Gasteiger partial charge on any atom is -0.390 e. The van der Waals surface area contributed by atoms with Gasteiger partial charge in [-0.15, -0.1) is 11.3 Å². The number of sulfone groups is 1. The van der Waals surface area contributed by atoms with Gasteiger partial charge in [0.15, 0.2) is 9.84 Å². The lowest BCUT2D eigenvalue weighted by Crippen LogP contribution is -2.55. The maximum Gasteiger partial charge on any atom is 0.263 e. The Morgan fingerprint density at radius 2 is 1.62 bits per heavy atom. The molecule has 0 bridgehead atoms. The molecule has 13 heteroatoms. The van der Waals surface area contributed by atoms with Crippen LogP contribution < -0.4 is 11.1 Å². The van der Waals surface area contributed by atoms with Gasteiger partial charge in [-0.05, 0) is 68.4 Å². The molecule has 0 fully saturated rings. The molecule has 3 atom stereocenters. The SMILES string of the molecule is CCCC(CCC)S(=O)(=O)CC(NC(=O)c1sc(C)nc1C)C(=O)N(Cc1cccc(CC)c1)CC(O)[C@@H](N)Cc1cc(F)cc(F)c1. The third-order valence-corrected chi connectivity index (χ3v) is 11.6. The summed E-state index contributed by atoms with van der Waals surface area (Å²) >= 11 is 1.14. The average molecular weight is 707 g/mol. The first-order valence-corrected chi connectivity index (χ1v) is 18.9. The number of nitrogens with zero attached hydrogens (tertiary/aromatic N) is 2. The topological polar surface area (TPSA) is 143 Å². The van der Waals surface area contributed by atoms with Crippen LogP contribution in [0.1, 0.15) is 83.5 Å². The van der Waals surface area contributed by atoms with Crippen LogP contribution in [-0.4, -0.2) is 71.0 Å². The summed E-state index contributed by atoms with van der Waals surface area (Å²) in [5.41, 5.74) is 8.73. The fraction of sp³-hybridized carbons (Fsp3) is 0.514. The summed E-state index contributed by atoms with van der Waals surface area (Å²) in [5.74, 6) is -3.52. The van der Waals surface area contributed by atoms with Gasteiger partial charge >= 0.3 is 0 Å². The largest absolute Gasteiger partial charge is 0.390 e. The summed E-state index contributed by atoms with van der Waals surface area (Å²) in [4.78, 5) is 33.8. The van der Waals surface area contributed by atoms with E-state index in [0.717, 1.165) is 47.1 Å². The van der Waals surface area contributed by atoms with Crippen LogP contribution >= 0.6 is 11.3 Å². The van der Waals surface area contributed by atoms with E-state index < -0.39 is 62.5 Å². The molecule has 0 saturated heterocycles. The molecule has 2 unspecified atom stereocenters. The highest BCUT2D eigenvalue weighted by molar-refractivity contribution is 7.92. The standard InChI is InChI=1S/C35H48F2N4O5S2/c1-6-10-29(11-7-2)48(45,46)21-31(40-34(43)33-22(4)39-23(5)47-33)35(44)41(19-25-13-9-12-24(8-3)14-25)20-32(42)30(38)17-26-15-27(36)18-28(37)16-26/h9,12-16,18,29-32,42H,6-8,10-11,17,19-21,38H2,1-5H3,(H,40,43)/t30-,31?,32?/m0/s1. The van der Waals surface area contributed by atoms with Crippen LogP contribution in [0, 0.1) is 25.5 Å². The molecular weight excluding hydrogens is 659 g/mol. The molecule has 1 heterocycles. The molecule has 4 N–H and O–H groups in total. The minimum atomic E-state index is -3.87. The van der Waals surface area contributed by atoms with Crippen molar-refractivity contribution in [1.29, 1.82) is 0 Å². The zero-order valence-corrected chi connectivity index (χ0v) is 30.0. The highest BCUT2D eigenvalue weighted by atomic mass is 32.2. The third kappa shape index (κ3) is 11.1. The molecule has 0 radical (unpaired) electrons. The number of rotatable bonds is 18. The van der Waals surface area contributed by atoms with E-state index in [4.69, 9.17) is 5.73 Å². The van der Waals surface area contributed by atoms with Gasteiger partial charge in [0, 0.05) is 25.2 Å². The molecule has 3 aromatic rings. The summed E-state index contributed by atoms with van der Waals surface area (Å²) in [6.07, 6.45) is 1.39. The van der Waals surface area contributed by atoms with E-state index in [9.17, 15) is 31.9 Å². The van der Waals surface area contributed by atoms with Gasteiger partial charge in [-0.25, -0.2) is 22.2 Å². The first-order chi connectivity index (χ1) is 22.7. The second kappa shape index (κ2) is 17.9. The van der Waals surface area contributed by atoms with Crippen molar-refractivity contribution >= 4 is 33.0 Å². The van der Waals surface area contributed by atoms with E-state index >= 15 is 0 Å². The number of amides is 2. The van der Waals surface area contributed by atoms with Crippen LogP contribution in [0.2, 0.25) is 0 Å². The summed E-state index contributed by atoms with van der Waals surface area (Å²) in [5, 5.41) is 13.9. The first kappa shape index (κ1) is 39.2. The number of halogens is 2. The molecule has 48 heavy (non-hydrogen) atoms. The fourth-order valence-corrected chi connectivity index (χ4v) is 8.75. The lowest BCUT2D eigenvalue weighted by atomic mass is 10.0. The number of hydrogen-bond donors (Lipinski definition) is 3. The number of nitrogens with two attached hydrogens (primary N) is 1. The number of carbonyl (C=O) groups is 2. The Morgan fingerprint density at radius 1 is 1.00 bits per heavy atom. The smallest absolute Gasteiger partial charge is 0.263 e. The molecule has 1 aromatic heterocycles. The van der Waals surface area contributed by atoms with Crippen LogP contribution in [0.15, 0.2) is 42.5 Å². The minimum absolute atomic E-state index is 0.0104. The lowest BCUT2D eigenvalue weighted by molar-refractivity contribution is -0.135. The van der Waals surface area contributed by atoms with Crippen LogP contribution in [-0.2, 0) is 34.0 Å². The summed E-state index contributed by atoms with van der Waals surface area (Å²) in [6.45, 7) is 8.86. The predicted molar refractivity (Wildman–Crippen MR) is 186 cm³/mol. The van der Waals surface area contributed by atoms with Gasteiger partial charge in [-0.3, -0.25) is 9.59 Å². The molecule has 0 aliphatic heterocycles. The van der Waals surface area contributed by atoms with Crippen molar-refractivity contribution in [2.75, 3.05) is 12.3 Å². The second-order valence-corrected chi connectivity index (χ2v) is 15.8. The summed E-state index contributed by atoms with van der Waals surface area (Å²) in [6, 6.07) is 7.99. The molecule has 0 aliphatic carbocycles. The number of aryl methyl sites for hydroxylation is 3. The number of benzene rings is 2. The van der Waals surface area contributed by atoms with Gasteiger partial charge in [0.2, 0.25) is 5.91 Å². The van der Waals surface area contributed by atoms with E-state index in [1.807, 2.05) is 45.0 Å². The highest BCUT2D eigenvalue weighted by Crippen LogP contribution is 2.21. The molecule has 0 spiro atoms. The second-order valence-electron chi connectivity index (χ2n) is 12.3. The zero-order valence-electron chi connectivity index (χ0n) is 28.3. The summed E-state index contributed by atoms with van der Waals surface area (Å²) < 4.78 is 55.3. The van der Waals surface area contributed by atoms with Crippen LogP contribution in [0.5, 0.6) is 0 Å². The zero-order chi connectivity index (χ0) is 35.6. The van der Waals surface area contributed by atoms with E-state index in [2.05, 4.69) is 10.3 Å². The van der Waals surface area contributed by atoms with Gasteiger partial charge < -0.3 is 21.1 Å². The van der Waals surface area contributed by atoms with Gasteiger partial charge in [-0.2, -0.15) is 0 Å². The van der Waals surface area contributed by atoms with Crippen LogP contribution in [0.4, 0.5) is 8.78 Å². The summed E-state index contributed by atoms with van der Waals surface area (Å²) in [7, 11) is -3.87. The molecule has 3 rings (SSSR count). The van der Waals surface area contributed by atoms with E-state index in [1.165, 1.54) is 4.90 Å². The quantitative estimate of drug-likeness (QED) is 0.168. The van der Waals surface area contributed by atoms with E-state index in [1.54, 1.807) is 13.8 Å². The highest BCUT2D eigenvalue weighted by Gasteiger charge is 2.36. The normalized spacial score (nSPS) is 13.7. The Hall–Kier alpha value is -3.26. The molecular formula is C35H48F2N4O5S2. The van der Waals surface area contributed by atoms with Gasteiger partial charge in [-0.1, -0.05) is 57.9 Å². The van der Waals surface area contributed by atoms with Crippen LogP contribution in [0.25, 0.3) is 0 Å². The van der Waals surface area contributed by atoms with Crippen molar-refractivity contribution < 1.29 is 31.9 Å². The van der Waals surface area contributed by atoms with Crippen LogP contribution in [0.3, 0.4) is 0 Å². The van der Waals surface area contributed by atoms with Gasteiger partial charge in [0.1, 0.15) is 22.6 Å². The lowest BCUT2D eigenvalue weighted by Gasteiger charge is -2.32. The van der Waals surface area contributed by atoms with Crippen molar-refractivity contribution in [3.05, 3.63) is 86.4 Å². The monoisotopic (exact) mass is 706 g/mol. The Kier molecular flexibility index (Phi) is 14.6. The molecule has 2 aromatic carbocycles. The number of thiazole rings is 1. The number of hydrogen-bond acceptors (Lipinski definition) is 8. The Labute approximate surface area is 286 Å². The molecule has 2 amide bonds. The predicted octanol–water partition coefficient (Wildman–Crippen LogP) is 5.04. The molecule has 0 saturated carbocycles. The van der Waals surface area contributed by atoms with Crippen molar-refractivity contribution in [1.82, 2.24) is 15.2 Å². The average Bonchev–Trinajstić information content (AvgIpc) is 3.36. The molecule has 264 valence electrons. The van der Waals surface area contributed by atoms with Crippen molar-refractivity contribution in [2.45, 2.75) is 103 Å². The third-order valence-electron chi connectivity index (χ3n) is 8.22. The number of carbonyl (C=O) groups excluding carboxylic acids is 2. The molecule has 9 nitrogen and oxygen atoms in total. The number of aromatic nitrogens is 1. The van der Waals surface area contributed by atoms with E-state index in [0.29, 0.717) is 36.4 Å².